The molecule has 1 saturated heterocycles. The summed E-state index contributed by atoms with van der Waals surface area (Å²) in [6, 6.07) is 5.39. The summed E-state index contributed by atoms with van der Waals surface area (Å²) in [6.07, 6.45) is 2.07. The molecule has 1 aromatic rings. The van der Waals surface area contributed by atoms with Crippen LogP contribution in [0.5, 0.6) is 0 Å². The number of halogens is 1. The van der Waals surface area contributed by atoms with Crippen LogP contribution in [0.3, 0.4) is 0 Å². The van der Waals surface area contributed by atoms with Gasteiger partial charge in [-0.2, -0.15) is 0 Å². The first kappa shape index (κ1) is 19.3. The molecule has 2 aliphatic rings. The molecule has 2 fully saturated rings. The lowest BCUT2D eigenvalue weighted by atomic mass is 9.64. The van der Waals surface area contributed by atoms with Gasteiger partial charge in [0.25, 0.3) is 5.91 Å². The second-order valence-corrected chi connectivity index (χ2v) is 8.51. The van der Waals surface area contributed by atoms with Gasteiger partial charge in [0.15, 0.2) is 0 Å². The molecule has 27 heavy (non-hydrogen) atoms. The number of amides is 3. The van der Waals surface area contributed by atoms with Gasteiger partial charge in [-0.15, -0.1) is 0 Å². The second kappa shape index (κ2) is 6.94. The molecule has 1 saturated carbocycles. The molecule has 0 bridgehead atoms. The molecular formula is C20H25FN2O4. The van der Waals surface area contributed by atoms with Crippen molar-refractivity contribution in [2.75, 3.05) is 6.54 Å². The number of nitrogens with zero attached hydrogens (tertiary/aromatic N) is 1. The SMILES string of the molecule is C[C@@H]1CC(C)(C)C[C@]2(C1)NC(=O)N(CC(=O)OCc1ccccc1F)C2=O. The fourth-order valence-electron chi connectivity index (χ4n) is 4.60. The van der Waals surface area contributed by atoms with Gasteiger partial charge in [0.05, 0.1) is 0 Å². The summed E-state index contributed by atoms with van der Waals surface area (Å²) < 4.78 is 18.6. The fraction of sp³-hybridized carbons (Fsp3) is 0.550. The topological polar surface area (TPSA) is 75.7 Å². The van der Waals surface area contributed by atoms with Crippen LogP contribution in [-0.4, -0.2) is 34.9 Å². The third-order valence-corrected chi connectivity index (χ3v) is 5.26. The van der Waals surface area contributed by atoms with E-state index in [1.54, 1.807) is 12.1 Å². The Morgan fingerprint density at radius 2 is 2.00 bits per heavy atom. The van der Waals surface area contributed by atoms with E-state index >= 15 is 0 Å². The predicted molar refractivity (Wildman–Crippen MR) is 96.0 cm³/mol. The van der Waals surface area contributed by atoms with E-state index in [1.165, 1.54) is 12.1 Å². The Balaban J connectivity index is 1.65. The normalized spacial score (nSPS) is 27.0. The van der Waals surface area contributed by atoms with Crippen LogP contribution in [0.25, 0.3) is 0 Å². The Bertz CT molecular complexity index is 779. The standard InChI is InChI=1S/C20H25FN2O4/c1-13-8-19(2,3)12-20(9-13)17(25)23(18(26)22-20)10-16(24)27-11-14-6-4-5-7-15(14)21/h4-7,13H,8-12H2,1-3H3,(H,22,26)/t13-,20+/m1/s1. The third-order valence-electron chi connectivity index (χ3n) is 5.26. The van der Waals surface area contributed by atoms with Crippen molar-refractivity contribution in [3.05, 3.63) is 35.6 Å². The number of benzene rings is 1. The molecule has 0 radical (unpaired) electrons. The number of hydrogen-bond acceptors (Lipinski definition) is 4. The van der Waals surface area contributed by atoms with E-state index in [-0.39, 0.29) is 29.4 Å². The molecule has 1 aliphatic carbocycles. The van der Waals surface area contributed by atoms with Crippen LogP contribution in [-0.2, 0) is 20.9 Å². The Labute approximate surface area is 158 Å². The minimum Gasteiger partial charge on any atom is -0.459 e. The number of carbonyl (C=O) groups excluding carboxylic acids is 3. The Morgan fingerprint density at radius 1 is 1.30 bits per heavy atom. The monoisotopic (exact) mass is 376 g/mol. The van der Waals surface area contributed by atoms with Crippen LogP contribution in [0.2, 0.25) is 0 Å². The van der Waals surface area contributed by atoms with Gasteiger partial charge in [0.2, 0.25) is 0 Å². The molecule has 3 amide bonds. The van der Waals surface area contributed by atoms with Crippen molar-refractivity contribution in [1.29, 1.82) is 0 Å². The number of rotatable bonds is 4. The quantitative estimate of drug-likeness (QED) is 0.647. The van der Waals surface area contributed by atoms with Gasteiger partial charge in [-0.3, -0.25) is 14.5 Å². The molecule has 7 heteroatoms. The summed E-state index contributed by atoms with van der Waals surface area (Å²) in [7, 11) is 0. The maximum Gasteiger partial charge on any atom is 0.326 e. The summed E-state index contributed by atoms with van der Waals surface area (Å²) in [4.78, 5) is 38.4. The average Bonchev–Trinajstić information content (AvgIpc) is 2.75. The van der Waals surface area contributed by atoms with Gasteiger partial charge >= 0.3 is 12.0 Å². The second-order valence-electron chi connectivity index (χ2n) is 8.51. The molecular weight excluding hydrogens is 351 g/mol. The smallest absolute Gasteiger partial charge is 0.326 e. The number of ether oxygens (including phenoxy) is 1. The Morgan fingerprint density at radius 3 is 2.67 bits per heavy atom. The molecule has 6 nitrogen and oxygen atoms in total. The van der Waals surface area contributed by atoms with Crippen LogP contribution in [0.4, 0.5) is 9.18 Å². The van der Waals surface area contributed by atoms with Crippen LogP contribution in [0.15, 0.2) is 24.3 Å². The highest BCUT2D eigenvalue weighted by molar-refractivity contribution is 6.08. The van der Waals surface area contributed by atoms with Crippen LogP contribution >= 0.6 is 0 Å². The summed E-state index contributed by atoms with van der Waals surface area (Å²) in [5, 5.41) is 2.81. The maximum absolute atomic E-state index is 13.6. The van der Waals surface area contributed by atoms with Crippen molar-refractivity contribution in [2.24, 2.45) is 11.3 Å². The number of hydrogen-bond donors (Lipinski definition) is 1. The van der Waals surface area contributed by atoms with E-state index in [0.717, 1.165) is 11.3 Å². The highest BCUT2D eigenvalue weighted by atomic mass is 19.1. The first-order valence-corrected chi connectivity index (χ1v) is 9.15. The zero-order valence-electron chi connectivity index (χ0n) is 15.9. The van der Waals surface area contributed by atoms with Crippen LogP contribution in [0.1, 0.15) is 45.6 Å². The summed E-state index contributed by atoms with van der Waals surface area (Å²) in [6.45, 7) is 5.50. The number of imide groups is 1. The number of carbonyl (C=O) groups is 3. The lowest BCUT2D eigenvalue weighted by Crippen LogP contribution is -2.54. The number of esters is 1. The fourth-order valence-corrected chi connectivity index (χ4v) is 4.60. The first-order chi connectivity index (χ1) is 12.6. The van der Waals surface area contributed by atoms with Crippen molar-refractivity contribution in [1.82, 2.24) is 10.2 Å². The van der Waals surface area contributed by atoms with Crippen molar-refractivity contribution in [3.8, 4) is 0 Å². The zero-order chi connectivity index (χ0) is 19.8. The van der Waals surface area contributed by atoms with Gasteiger partial charge in [-0.25, -0.2) is 9.18 Å². The lowest BCUT2D eigenvalue weighted by Gasteiger charge is -2.43. The Hall–Kier alpha value is -2.44. The van der Waals surface area contributed by atoms with E-state index in [1.807, 2.05) is 0 Å². The highest BCUT2D eigenvalue weighted by Gasteiger charge is 2.56. The molecule has 3 rings (SSSR count). The Kier molecular flexibility index (Phi) is 4.97. The third kappa shape index (κ3) is 3.96. The molecule has 1 N–H and O–H groups in total. The average molecular weight is 376 g/mol. The van der Waals surface area contributed by atoms with Crippen molar-refractivity contribution >= 4 is 17.9 Å². The van der Waals surface area contributed by atoms with Gasteiger partial charge in [0.1, 0.15) is 24.5 Å². The van der Waals surface area contributed by atoms with Crippen molar-refractivity contribution < 1.29 is 23.5 Å². The molecule has 1 spiro atoms. The first-order valence-electron chi connectivity index (χ1n) is 9.15. The predicted octanol–water partition coefficient (Wildman–Crippen LogP) is 3.01. The minimum absolute atomic E-state index is 0.0814. The van der Waals surface area contributed by atoms with Crippen molar-refractivity contribution in [3.63, 3.8) is 0 Å². The molecule has 0 aromatic heterocycles. The molecule has 1 aromatic carbocycles. The molecule has 1 aliphatic heterocycles. The minimum atomic E-state index is -0.954. The van der Waals surface area contributed by atoms with Crippen LogP contribution in [0, 0.1) is 17.2 Å². The van der Waals surface area contributed by atoms with Crippen molar-refractivity contribution in [2.45, 2.75) is 52.2 Å². The van der Waals surface area contributed by atoms with Gasteiger partial charge < -0.3 is 10.1 Å². The molecule has 2 atom stereocenters. The number of nitrogens with one attached hydrogen (secondary N) is 1. The number of urea groups is 1. The van der Waals surface area contributed by atoms with E-state index in [0.29, 0.717) is 12.8 Å². The molecule has 146 valence electrons. The largest absolute Gasteiger partial charge is 0.459 e. The summed E-state index contributed by atoms with van der Waals surface area (Å²) in [5.74, 6) is -1.32. The van der Waals surface area contributed by atoms with E-state index in [2.05, 4.69) is 26.1 Å². The summed E-state index contributed by atoms with van der Waals surface area (Å²) >= 11 is 0. The van der Waals surface area contributed by atoms with E-state index in [4.69, 9.17) is 4.74 Å². The highest BCUT2D eigenvalue weighted by Crippen LogP contribution is 2.46. The molecule has 1 heterocycles. The molecule has 0 unspecified atom stereocenters. The van der Waals surface area contributed by atoms with Gasteiger partial charge in [-0.05, 0) is 36.7 Å². The van der Waals surface area contributed by atoms with Gasteiger partial charge in [-0.1, -0.05) is 39.0 Å². The van der Waals surface area contributed by atoms with E-state index < -0.39 is 29.9 Å². The maximum atomic E-state index is 13.6. The van der Waals surface area contributed by atoms with E-state index in [9.17, 15) is 18.8 Å². The van der Waals surface area contributed by atoms with Gasteiger partial charge in [0, 0.05) is 5.56 Å². The summed E-state index contributed by atoms with van der Waals surface area (Å²) in [5.41, 5.74) is -0.797. The van der Waals surface area contributed by atoms with Crippen LogP contribution < -0.4 is 5.32 Å². The zero-order valence-corrected chi connectivity index (χ0v) is 15.9. The lowest BCUT2D eigenvalue weighted by molar-refractivity contribution is -0.149.